The Kier molecular flexibility index (Phi) is 3.66. The van der Waals surface area contributed by atoms with Crippen molar-refractivity contribution in [3.63, 3.8) is 0 Å². The summed E-state index contributed by atoms with van der Waals surface area (Å²) in [4.78, 5) is 12.4. The molecule has 1 aliphatic heterocycles. The fourth-order valence-corrected chi connectivity index (χ4v) is 1.93. The lowest BCUT2D eigenvalue weighted by molar-refractivity contribution is -0.137. The molecule has 0 radical (unpaired) electrons. The minimum absolute atomic E-state index is 0.0251. The fraction of sp³-hybridized carbons (Fsp3) is 0.214. The normalized spacial score (nSPS) is 13.9. The predicted molar refractivity (Wildman–Crippen MR) is 73.7 cm³/mol. The van der Waals surface area contributed by atoms with Gasteiger partial charge in [0.2, 0.25) is 0 Å². The summed E-state index contributed by atoms with van der Waals surface area (Å²) in [7, 11) is 0. The van der Waals surface area contributed by atoms with Gasteiger partial charge in [0, 0.05) is 12.4 Å². The number of hydrogen-bond donors (Lipinski definition) is 1. The van der Waals surface area contributed by atoms with Crippen LogP contribution >= 0.6 is 0 Å². The van der Waals surface area contributed by atoms with E-state index in [0.29, 0.717) is 23.9 Å². The Hall–Kier alpha value is -2.64. The van der Waals surface area contributed by atoms with Crippen molar-refractivity contribution in [2.75, 3.05) is 11.9 Å². The van der Waals surface area contributed by atoms with Crippen LogP contribution in [0.5, 0.6) is 5.75 Å². The second-order valence-corrected chi connectivity index (χ2v) is 4.55. The molecular formula is C14H11F3N4O. The van der Waals surface area contributed by atoms with Crippen LogP contribution in [0.3, 0.4) is 0 Å². The van der Waals surface area contributed by atoms with Gasteiger partial charge >= 0.3 is 6.18 Å². The monoisotopic (exact) mass is 308 g/mol. The van der Waals surface area contributed by atoms with Gasteiger partial charge in [-0.2, -0.15) is 13.2 Å². The summed E-state index contributed by atoms with van der Waals surface area (Å²) < 4.78 is 43.2. The van der Waals surface area contributed by atoms with Crippen LogP contribution in [-0.2, 0) is 12.7 Å². The Labute approximate surface area is 123 Å². The molecule has 0 saturated carbocycles. The van der Waals surface area contributed by atoms with E-state index in [1.54, 1.807) is 12.4 Å². The van der Waals surface area contributed by atoms with Crippen LogP contribution in [0.2, 0.25) is 0 Å². The van der Waals surface area contributed by atoms with Crippen molar-refractivity contribution in [1.82, 2.24) is 9.97 Å². The Morgan fingerprint density at radius 2 is 2.00 bits per heavy atom. The lowest BCUT2D eigenvalue weighted by Crippen LogP contribution is -2.25. The topological polar surface area (TPSA) is 59.4 Å². The van der Waals surface area contributed by atoms with Gasteiger partial charge in [0.05, 0.1) is 12.1 Å². The maximum atomic E-state index is 12.6. The molecule has 0 unspecified atom stereocenters. The molecule has 0 aliphatic carbocycles. The predicted octanol–water partition coefficient (Wildman–Crippen LogP) is 2.90. The Morgan fingerprint density at radius 1 is 1.18 bits per heavy atom. The molecule has 8 heteroatoms. The minimum Gasteiger partial charge on any atom is -0.486 e. The van der Waals surface area contributed by atoms with E-state index in [1.165, 1.54) is 12.1 Å². The highest BCUT2D eigenvalue weighted by atomic mass is 19.4. The largest absolute Gasteiger partial charge is 0.486 e. The van der Waals surface area contributed by atoms with Crippen LogP contribution in [0.4, 0.5) is 19.0 Å². The average molecular weight is 308 g/mol. The van der Waals surface area contributed by atoms with E-state index in [-0.39, 0.29) is 12.4 Å². The van der Waals surface area contributed by atoms with Crippen LogP contribution in [0.15, 0.2) is 41.7 Å². The quantitative estimate of drug-likeness (QED) is 0.947. The third kappa shape index (κ3) is 3.16. The summed E-state index contributed by atoms with van der Waals surface area (Å²) in [6.45, 7) is 0.384. The zero-order chi connectivity index (χ0) is 15.6. The molecular weight excluding hydrogens is 297 g/mol. The number of nitrogens with zero attached hydrogens (tertiary/aromatic N) is 3. The first-order chi connectivity index (χ1) is 10.5. The average Bonchev–Trinajstić information content (AvgIpc) is 2.52. The third-order valence-corrected chi connectivity index (χ3v) is 2.99. The second-order valence-electron chi connectivity index (χ2n) is 4.55. The van der Waals surface area contributed by atoms with Crippen molar-refractivity contribution in [1.29, 1.82) is 0 Å². The molecule has 1 aliphatic rings. The van der Waals surface area contributed by atoms with Crippen LogP contribution in [0, 0.1) is 0 Å². The van der Waals surface area contributed by atoms with Crippen molar-refractivity contribution in [3.8, 4) is 5.75 Å². The summed E-state index contributed by atoms with van der Waals surface area (Å²) in [6.07, 6.45) is -1.28. The van der Waals surface area contributed by atoms with Crippen molar-refractivity contribution in [2.45, 2.75) is 12.7 Å². The van der Waals surface area contributed by atoms with E-state index in [4.69, 9.17) is 4.74 Å². The summed E-state index contributed by atoms with van der Waals surface area (Å²) in [5.41, 5.74) is -0.0370. The fourth-order valence-electron chi connectivity index (χ4n) is 1.93. The van der Waals surface area contributed by atoms with Gasteiger partial charge in [0.1, 0.15) is 23.9 Å². The highest BCUT2D eigenvalue weighted by Gasteiger charge is 2.30. The van der Waals surface area contributed by atoms with Gasteiger partial charge in [-0.05, 0) is 18.2 Å². The molecule has 0 atom stereocenters. The lowest BCUT2D eigenvalue weighted by atomic mass is 10.2. The van der Waals surface area contributed by atoms with E-state index in [2.05, 4.69) is 20.3 Å². The minimum atomic E-state index is -4.39. The van der Waals surface area contributed by atoms with Crippen LogP contribution < -0.4 is 10.1 Å². The van der Waals surface area contributed by atoms with Gasteiger partial charge in [-0.3, -0.25) is 9.98 Å². The number of halogens is 3. The number of aliphatic imine (C=N–C) groups is 1. The first-order valence-electron chi connectivity index (χ1n) is 6.42. The first kappa shape index (κ1) is 14.3. The second kappa shape index (κ2) is 5.63. The molecule has 2 aromatic rings. The number of aromatic nitrogens is 2. The van der Waals surface area contributed by atoms with Gasteiger partial charge < -0.3 is 10.1 Å². The molecule has 3 rings (SSSR count). The van der Waals surface area contributed by atoms with E-state index in [0.717, 1.165) is 12.1 Å². The van der Waals surface area contributed by atoms with Gasteiger partial charge in [-0.1, -0.05) is 6.07 Å². The van der Waals surface area contributed by atoms with Crippen molar-refractivity contribution < 1.29 is 17.9 Å². The SMILES string of the molecule is FC(F)(F)c1cccc(OCC2=NCc3nccnc3N2)c1. The summed E-state index contributed by atoms with van der Waals surface area (Å²) in [5.74, 6) is 1.20. The smallest absolute Gasteiger partial charge is 0.416 e. The number of fused-ring (bicyclic) bond motifs is 1. The van der Waals surface area contributed by atoms with Crippen molar-refractivity contribution in [3.05, 3.63) is 47.9 Å². The highest BCUT2D eigenvalue weighted by molar-refractivity contribution is 5.97. The molecule has 114 valence electrons. The molecule has 1 N–H and O–H groups in total. The highest BCUT2D eigenvalue weighted by Crippen LogP contribution is 2.31. The number of rotatable bonds is 3. The van der Waals surface area contributed by atoms with Crippen LogP contribution in [0.1, 0.15) is 11.3 Å². The standard InChI is InChI=1S/C14H11F3N4O/c15-14(16,17)9-2-1-3-10(6-9)22-8-12-20-7-11-13(21-12)19-5-4-18-11/h1-6H,7-8H2,(H,19,20,21). The van der Waals surface area contributed by atoms with E-state index < -0.39 is 11.7 Å². The zero-order valence-electron chi connectivity index (χ0n) is 11.3. The number of benzene rings is 1. The number of amidine groups is 1. The molecule has 1 aromatic heterocycles. The Morgan fingerprint density at radius 3 is 2.82 bits per heavy atom. The molecule has 0 saturated heterocycles. The molecule has 0 spiro atoms. The number of nitrogens with one attached hydrogen (secondary N) is 1. The van der Waals surface area contributed by atoms with Gasteiger partial charge in [0.25, 0.3) is 0 Å². The Balaban J connectivity index is 1.66. The molecule has 0 amide bonds. The number of ether oxygens (including phenoxy) is 1. The maximum Gasteiger partial charge on any atom is 0.416 e. The zero-order valence-corrected chi connectivity index (χ0v) is 11.3. The van der Waals surface area contributed by atoms with Gasteiger partial charge in [0.15, 0.2) is 5.82 Å². The summed E-state index contributed by atoms with van der Waals surface area (Å²) in [6, 6.07) is 4.72. The summed E-state index contributed by atoms with van der Waals surface area (Å²) >= 11 is 0. The lowest BCUT2D eigenvalue weighted by Gasteiger charge is -2.17. The summed E-state index contributed by atoms with van der Waals surface area (Å²) in [5, 5.41) is 2.94. The van der Waals surface area contributed by atoms with Crippen molar-refractivity contribution in [2.24, 2.45) is 4.99 Å². The van der Waals surface area contributed by atoms with Crippen LogP contribution in [0.25, 0.3) is 0 Å². The number of alkyl halides is 3. The maximum absolute atomic E-state index is 12.6. The van der Waals surface area contributed by atoms with Gasteiger partial charge in [-0.25, -0.2) is 4.98 Å². The molecule has 2 heterocycles. The van der Waals surface area contributed by atoms with E-state index >= 15 is 0 Å². The van der Waals surface area contributed by atoms with E-state index in [1.807, 2.05) is 0 Å². The molecule has 22 heavy (non-hydrogen) atoms. The van der Waals surface area contributed by atoms with Crippen molar-refractivity contribution >= 4 is 11.7 Å². The third-order valence-electron chi connectivity index (χ3n) is 2.99. The molecule has 0 bridgehead atoms. The molecule has 5 nitrogen and oxygen atoms in total. The van der Waals surface area contributed by atoms with Crippen LogP contribution in [-0.4, -0.2) is 22.4 Å². The van der Waals surface area contributed by atoms with E-state index in [9.17, 15) is 13.2 Å². The molecule has 1 aromatic carbocycles. The number of anilines is 1. The first-order valence-corrected chi connectivity index (χ1v) is 6.42. The Bertz CT molecular complexity index is 715. The number of hydrogen-bond acceptors (Lipinski definition) is 5. The molecule has 0 fully saturated rings. The van der Waals surface area contributed by atoms with Gasteiger partial charge in [-0.15, -0.1) is 0 Å².